The molecule has 118 valence electrons. The fourth-order valence-corrected chi connectivity index (χ4v) is 6.11. The van der Waals surface area contributed by atoms with Gasteiger partial charge in [-0.15, -0.1) is 0 Å². The molecular formula is C13H21N3O3S2. The SMILES string of the molecule is Nc1nsc(N2CCCCC2CCO)c1S(=O)(=O)C1CC1. The highest BCUT2D eigenvalue weighted by Gasteiger charge is 2.42. The van der Waals surface area contributed by atoms with E-state index in [0.29, 0.717) is 11.4 Å². The molecule has 1 saturated carbocycles. The molecular weight excluding hydrogens is 310 g/mol. The summed E-state index contributed by atoms with van der Waals surface area (Å²) >= 11 is 1.17. The maximum absolute atomic E-state index is 12.6. The van der Waals surface area contributed by atoms with Crippen LogP contribution in [0.25, 0.3) is 0 Å². The van der Waals surface area contributed by atoms with Gasteiger partial charge in [-0.1, -0.05) is 0 Å². The highest BCUT2D eigenvalue weighted by molar-refractivity contribution is 7.92. The Balaban J connectivity index is 1.98. The molecule has 1 unspecified atom stereocenters. The summed E-state index contributed by atoms with van der Waals surface area (Å²) in [6.45, 7) is 0.916. The van der Waals surface area contributed by atoms with Crippen molar-refractivity contribution in [1.82, 2.24) is 4.37 Å². The number of piperidine rings is 1. The number of sulfone groups is 1. The third-order valence-corrected chi connectivity index (χ3v) is 7.60. The van der Waals surface area contributed by atoms with E-state index in [2.05, 4.69) is 9.27 Å². The number of rotatable bonds is 5. The summed E-state index contributed by atoms with van der Waals surface area (Å²) in [5, 5.41) is 9.63. The Bertz CT molecular complexity index is 608. The Hall–Kier alpha value is -0.860. The van der Waals surface area contributed by atoms with Crippen molar-refractivity contribution in [2.45, 2.75) is 54.7 Å². The summed E-state index contributed by atoms with van der Waals surface area (Å²) in [5.41, 5.74) is 5.86. The van der Waals surface area contributed by atoms with Crippen LogP contribution in [-0.2, 0) is 9.84 Å². The second-order valence-corrected chi connectivity index (χ2v) is 8.72. The van der Waals surface area contributed by atoms with Crippen LogP contribution in [0.2, 0.25) is 0 Å². The van der Waals surface area contributed by atoms with Gasteiger partial charge in [0, 0.05) is 19.2 Å². The number of anilines is 2. The van der Waals surface area contributed by atoms with Crippen LogP contribution in [0.1, 0.15) is 38.5 Å². The standard InChI is InChI=1S/C13H21N3O3S2/c14-12-11(21(18,19)10-4-5-10)13(20-15-12)16-7-2-1-3-9(16)6-8-17/h9-10,17H,1-8H2,(H2,14,15). The van der Waals surface area contributed by atoms with E-state index in [0.717, 1.165) is 38.6 Å². The van der Waals surface area contributed by atoms with Gasteiger partial charge in [0.25, 0.3) is 0 Å². The third kappa shape index (κ3) is 2.76. The number of nitrogens with two attached hydrogens (primary N) is 1. The lowest BCUT2D eigenvalue weighted by molar-refractivity contribution is 0.262. The smallest absolute Gasteiger partial charge is 0.187 e. The molecule has 1 atom stereocenters. The van der Waals surface area contributed by atoms with Gasteiger partial charge in [-0.05, 0) is 50.1 Å². The average molecular weight is 331 g/mol. The molecule has 1 aromatic heterocycles. The lowest BCUT2D eigenvalue weighted by atomic mass is 10.00. The highest BCUT2D eigenvalue weighted by atomic mass is 32.2. The zero-order chi connectivity index (χ0) is 15.0. The van der Waals surface area contributed by atoms with Crippen LogP contribution in [0.15, 0.2) is 4.90 Å². The highest BCUT2D eigenvalue weighted by Crippen LogP contribution is 2.44. The molecule has 2 aliphatic rings. The van der Waals surface area contributed by atoms with Crippen molar-refractivity contribution in [3.63, 3.8) is 0 Å². The summed E-state index contributed by atoms with van der Waals surface area (Å²) in [5.74, 6) is 0.134. The molecule has 1 aromatic rings. The number of nitrogens with zero attached hydrogens (tertiary/aromatic N) is 2. The van der Waals surface area contributed by atoms with Crippen molar-refractivity contribution in [3.8, 4) is 0 Å². The summed E-state index contributed by atoms with van der Waals surface area (Å²) in [6, 6.07) is 0.178. The van der Waals surface area contributed by atoms with Crippen LogP contribution in [-0.4, -0.2) is 42.3 Å². The van der Waals surface area contributed by atoms with Crippen molar-refractivity contribution in [2.75, 3.05) is 23.8 Å². The van der Waals surface area contributed by atoms with E-state index in [1.807, 2.05) is 0 Å². The quantitative estimate of drug-likeness (QED) is 0.846. The minimum atomic E-state index is -3.35. The Labute approximate surface area is 129 Å². The van der Waals surface area contributed by atoms with Crippen LogP contribution in [0.3, 0.4) is 0 Å². The van der Waals surface area contributed by atoms with Gasteiger partial charge in [0.2, 0.25) is 0 Å². The number of aliphatic hydroxyl groups is 1. The molecule has 1 saturated heterocycles. The van der Waals surface area contributed by atoms with E-state index in [1.165, 1.54) is 11.5 Å². The van der Waals surface area contributed by atoms with Gasteiger partial charge in [0.1, 0.15) is 9.90 Å². The maximum atomic E-state index is 12.6. The molecule has 6 nitrogen and oxygen atoms in total. The molecule has 0 bridgehead atoms. The van der Waals surface area contributed by atoms with Crippen molar-refractivity contribution >= 4 is 32.2 Å². The second-order valence-electron chi connectivity index (χ2n) is 5.80. The molecule has 21 heavy (non-hydrogen) atoms. The minimum Gasteiger partial charge on any atom is -0.396 e. The van der Waals surface area contributed by atoms with Gasteiger partial charge in [0.05, 0.1) is 5.25 Å². The predicted molar refractivity (Wildman–Crippen MR) is 83.4 cm³/mol. The first kappa shape index (κ1) is 15.1. The Morgan fingerprint density at radius 3 is 2.76 bits per heavy atom. The summed E-state index contributed by atoms with van der Waals surface area (Å²) in [6.07, 6.45) is 5.21. The molecule has 2 fully saturated rings. The lowest BCUT2D eigenvalue weighted by Crippen LogP contribution is -2.40. The topological polar surface area (TPSA) is 96.5 Å². The molecule has 3 rings (SSSR count). The molecule has 8 heteroatoms. The van der Waals surface area contributed by atoms with E-state index in [-0.39, 0.29) is 28.6 Å². The molecule has 1 aliphatic carbocycles. The largest absolute Gasteiger partial charge is 0.396 e. The van der Waals surface area contributed by atoms with Crippen molar-refractivity contribution in [3.05, 3.63) is 0 Å². The van der Waals surface area contributed by atoms with Crippen LogP contribution < -0.4 is 10.6 Å². The van der Waals surface area contributed by atoms with Gasteiger partial charge < -0.3 is 15.7 Å². The molecule has 1 aliphatic heterocycles. The number of hydrogen-bond donors (Lipinski definition) is 2. The first-order valence-corrected chi connectivity index (χ1v) is 9.74. The number of aromatic nitrogens is 1. The molecule has 0 amide bonds. The van der Waals surface area contributed by atoms with Gasteiger partial charge in [0.15, 0.2) is 15.7 Å². The van der Waals surface area contributed by atoms with E-state index in [1.54, 1.807) is 0 Å². The van der Waals surface area contributed by atoms with Crippen LogP contribution in [0, 0.1) is 0 Å². The van der Waals surface area contributed by atoms with Crippen LogP contribution in [0.5, 0.6) is 0 Å². The maximum Gasteiger partial charge on any atom is 0.187 e. The zero-order valence-electron chi connectivity index (χ0n) is 11.9. The first-order chi connectivity index (χ1) is 10.1. The third-order valence-electron chi connectivity index (χ3n) is 4.26. The molecule has 0 spiro atoms. The molecule has 3 N–H and O–H groups in total. The fourth-order valence-electron chi connectivity index (χ4n) is 3.00. The lowest BCUT2D eigenvalue weighted by Gasteiger charge is -2.36. The minimum absolute atomic E-state index is 0.111. The normalized spacial score (nSPS) is 23.5. The molecule has 2 heterocycles. The van der Waals surface area contributed by atoms with E-state index >= 15 is 0 Å². The average Bonchev–Trinajstić information content (AvgIpc) is 3.24. The van der Waals surface area contributed by atoms with Crippen molar-refractivity contribution < 1.29 is 13.5 Å². The van der Waals surface area contributed by atoms with Crippen LogP contribution in [0.4, 0.5) is 10.8 Å². The van der Waals surface area contributed by atoms with Gasteiger partial charge in [-0.3, -0.25) is 0 Å². The van der Waals surface area contributed by atoms with Gasteiger partial charge in [-0.2, -0.15) is 4.37 Å². The Kier molecular flexibility index (Phi) is 4.11. The van der Waals surface area contributed by atoms with E-state index in [4.69, 9.17) is 5.73 Å². The fraction of sp³-hybridized carbons (Fsp3) is 0.769. The predicted octanol–water partition coefficient (Wildman–Crippen LogP) is 1.40. The van der Waals surface area contributed by atoms with Crippen molar-refractivity contribution in [2.24, 2.45) is 0 Å². The monoisotopic (exact) mass is 331 g/mol. The van der Waals surface area contributed by atoms with Gasteiger partial charge in [-0.25, -0.2) is 8.42 Å². The summed E-state index contributed by atoms with van der Waals surface area (Å²) in [4.78, 5) is 2.34. The Morgan fingerprint density at radius 1 is 1.33 bits per heavy atom. The zero-order valence-corrected chi connectivity index (χ0v) is 13.5. The summed E-state index contributed by atoms with van der Waals surface area (Å²) in [7, 11) is -3.35. The number of hydrogen-bond acceptors (Lipinski definition) is 7. The first-order valence-electron chi connectivity index (χ1n) is 7.42. The molecule has 0 radical (unpaired) electrons. The Morgan fingerprint density at radius 2 is 2.10 bits per heavy atom. The molecule has 0 aromatic carbocycles. The van der Waals surface area contributed by atoms with Crippen LogP contribution >= 0.6 is 11.5 Å². The second kappa shape index (κ2) is 5.73. The number of aliphatic hydroxyl groups excluding tert-OH is 1. The van der Waals surface area contributed by atoms with E-state index < -0.39 is 9.84 Å². The summed E-state index contributed by atoms with van der Waals surface area (Å²) < 4.78 is 29.3. The van der Waals surface area contributed by atoms with Gasteiger partial charge >= 0.3 is 0 Å². The van der Waals surface area contributed by atoms with Crippen molar-refractivity contribution in [1.29, 1.82) is 0 Å². The number of nitrogen functional groups attached to an aromatic ring is 1. The van der Waals surface area contributed by atoms with E-state index in [9.17, 15) is 13.5 Å².